The molecule has 146 valence electrons. The van der Waals surface area contributed by atoms with E-state index < -0.39 is 10.2 Å². The molecule has 0 saturated carbocycles. The Morgan fingerprint density at radius 1 is 1.04 bits per heavy atom. The highest BCUT2D eigenvalue weighted by Crippen LogP contribution is 2.31. The zero-order chi connectivity index (χ0) is 18.6. The van der Waals surface area contributed by atoms with Crippen molar-refractivity contribution in [3.8, 4) is 0 Å². The van der Waals surface area contributed by atoms with Crippen molar-refractivity contribution in [2.45, 2.75) is 45.6 Å². The first-order chi connectivity index (χ1) is 12.5. The van der Waals surface area contributed by atoms with Crippen molar-refractivity contribution in [2.75, 3.05) is 39.3 Å². The fourth-order valence-corrected chi connectivity index (χ4v) is 6.35. The van der Waals surface area contributed by atoms with E-state index in [1.807, 2.05) is 18.2 Å². The molecule has 5 nitrogen and oxygen atoms in total. The van der Waals surface area contributed by atoms with Gasteiger partial charge < -0.3 is 4.90 Å². The van der Waals surface area contributed by atoms with Crippen LogP contribution in [0.15, 0.2) is 30.3 Å². The third-order valence-electron chi connectivity index (χ3n) is 5.85. The van der Waals surface area contributed by atoms with Crippen molar-refractivity contribution in [1.29, 1.82) is 0 Å². The summed E-state index contributed by atoms with van der Waals surface area (Å²) in [7, 11) is -3.33. The van der Waals surface area contributed by atoms with Gasteiger partial charge in [0.1, 0.15) is 0 Å². The van der Waals surface area contributed by atoms with Gasteiger partial charge in [0.25, 0.3) is 10.2 Å². The maximum atomic E-state index is 13.0. The van der Waals surface area contributed by atoms with Crippen LogP contribution in [0, 0.1) is 5.92 Å². The Hall–Kier alpha value is -0.950. The van der Waals surface area contributed by atoms with Crippen LogP contribution in [0.4, 0.5) is 0 Å². The van der Waals surface area contributed by atoms with Gasteiger partial charge in [-0.15, -0.1) is 0 Å². The highest BCUT2D eigenvalue weighted by molar-refractivity contribution is 7.86. The van der Waals surface area contributed by atoms with Gasteiger partial charge in [-0.05, 0) is 43.7 Å². The third kappa shape index (κ3) is 4.47. The average Bonchev–Trinajstić information content (AvgIpc) is 2.94. The monoisotopic (exact) mass is 379 g/mol. The standard InChI is InChI=1S/C20H33N3O2S/c1-3-22(4-2)26(24,25)23-16-19-12-13-20(23)17-21(15-19)14-8-11-18-9-6-5-7-10-18/h5-7,9-10,19-20H,3-4,8,11-17H2,1-2H3/t19-,20+/m0/s1. The third-order valence-corrected chi connectivity index (χ3v) is 8.06. The van der Waals surface area contributed by atoms with E-state index in [4.69, 9.17) is 0 Å². The number of hydrogen-bond donors (Lipinski definition) is 0. The van der Waals surface area contributed by atoms with Crippen LogP contribution < -0.4 is 0 Å². The van der Waals surface area contributed by atoms with E-state index in [2.05, 4.69) is 35.2 Å². The summed E-state index contributed by atoms with van der Waals surface area (Å²) in [5, 5.41) is 0. The molecular formula is C20H33N3O2S. The molecule has 0 amide bonds. The van der Waals surface area contributed by atoms with Gasteiger partial charge >= 0.3 is 0 Å². The highest BCUT2D eigenvalue weighted by atomic mass is 32.2. The molecule has 0 N–H and O–H groups in total. The van der Waals surface area contributed by atoms with Crippen LogP contribution >= 0.6 is 0 Å². The minimum Gasteiger partial charge on any atom is -0.301 e. The molecule has 26 heavy (non-hydrogen) atoms. The molecule has 3 aliphatic heterocycles. The Morgan fingerprint density at radius 2 is 1.77 bits per heavy atom. The average molecular weight is 380 g/mol. The lowest BCUT2D eigenvalue weighted by atomic mass is 9.97. The molecular weight excluding hydrogens is 346 g/mol. The van der Waals surface area contributed by atoms with Crippen molar-refractivity contribution < 1.29 is 8.42 Å². The molecule has 3 aliphatic rings. The van der Waals surface area contributed by atoms with Crippen LogP contribution in [-0.2, 0) is 16.6 Å². The quantitative estimate of drug-likeness (QED) is 0.697. The molecule has 0 spiro atoms. The SMILES string of the molecule is CCN(CC)S(=O)(=O)N1C[C@H]2CC[C@@H]1CN(CCCc1ccccc1)C2. The lowest BCUT2D eigenvalue weighted by Crippen LogP contribution is -2.52. The lowest BCUT2D eigenvalue weighted by Gasteiger charge is -2.37. The molecule has 0 unspecified atom stereocenters. The van der Waals surface area contributed by atoms with Gasteiger partial charge in [0.05, 0.1) is 0 Å². The van der Waals surface area contributed by atoms with Crippen LogP contribution in [0.25, 0.3) is 0 Å². The summed E-state index contributed by atoms with van der Waals surface area (Å²) < 4.78 is 29.5. The van der Waals surface area contributed by atoms with E-state index in [0.717, 1.165) is 45.3 Å². The zero-order valence-corrected chi connectivity index (χ0v) is 17.0. The van der Waals surface area contributed by atoms with Crippen molar-refractivity contribution in [3.63, 3.8) is 0 Å². The maximum Gasteiger partial charge on any atom is 0.282 e. The van der Waals surface area contributed by atoms with E-state index in [1.54, 1.807) is 4.31 Å². The van der Waals surface area contributed by atoms with Crippen molar-refractivity contribution in [1.82, 2.24) is 13.5 Å². The van der Waals surface area contributed by atoms with E-state index in [1.165, 1.54) is 5.56 Å². The fraction of sp³-hybridized carbons (Fsp3) is 0.700. The second-order valence-corrected chi connectivity index (χ2v) is 9.49. The van der Waals surface area contributed by atoms with E-state index in [0.29, 0.717) is 25.6 Å². The minimum atomic E-state index is -3.33. The topological polar surface area (TPSA) is 43.9 Å². The molecule has 0 aliphatic carbocycles. The Kier molecular flexibility index (Phi) is 6.72. The maximum absolute atomic E-state index is 13.0. The first-order valence-electron chi connectivity index (χ1n) is 10.1. The van der Waals surface area contributed by atoms with Crippen molar-refractivity contribution >= 4 is 10.2 Å². The Morgan fingerprint density at radius 3 is 2.46 bits per heavy atom. The number of rotatable bonds is 8. The zero-order valence-electron chi connectivity index (χ0n) is 16.2. The summed E-state index contributed by atoms with van der Waals surface area (Å²) in [6, 6.07) is 10.8. The van der Waals surface area contributed by atoms with Crippen LogP contribution in [-0.4, -0.2) is 67.2 Å². The molecule has 2 bridgehead atoms. The van der Waals surface area contributed by atoms with Gasteiger partial charge in [0.15, 0.2) is 0 Å². The summed E-state index contributed by atoms with van der Waals surface area (Å²) >= 11 is 0. The largest absolute Gasteiger partial charge is 0.301 e. The number of benzene rings is 1. The second kappa shape index (κ2) is 8.83. The molecule has 3 fully saturated rings. The molecule has 0 radical (unpaired) electrons. The number of piperidine rings is 1. The molecule has 2 atom stereocenters. The van der Waals surface area contributed by atoms with Crippen LogP contribution in [0.2, 0.25) is 0 Å². The summed E-state index contributed by atoms with van der Waals surface area (Å²) in [4.78, 5) is 2.50. The summed E-state index contributed by atoms with van der Waals surface area (Å²) in [6.45, 7) is 8.61. The van der Waals surface area contributed by atoms with Gasteiger partial charge in [-0.25, -0.2) is 0 Å². The Balaban J connectivity index is 1.61. The first kappa shape index (κ1) is 19.8. The van der Waals surface area contributed by atoms with Gasteiger partial charge in [0, 0.05) is 38.8 Å². The molecule has 0 aromatic heterocycles. The normalized spacial score (nSPS) is 24.9. The summed E-state index contributed by atoms with van der Waals surface area (Å²) in [5.41, 5.74) is 1.39. The fourth-order valence-electron chi connectivity index (χ4n) is 4.45. The van der Waals surface area contributed by atoms with Crippen molar-refractivity contribution in [2.24, 2.45) is 5.92 Å². The second-order valence-electron chi connectivity index (χ2n) is 7.61. The first-order valence-corrected chi connectivity index (χ1v) is 11.5. The number of nitrogens with zero attached hydrogens (tertiary/aromatic N) is 3. The lowest BCUT2D eigenvalue weighted by molar-refractivity contribution is 0.211. The number of hydrogen-bond acceptors (Lipinski definition) is 3. The van der Waals surface area contributed by atoms with E-state index in [-0.39, 0.29) is 6.04 Å². The minimum absolute atomic E-state index is 0.135. The van der Waals surface area contributed by atoms with Crippen molar-refractivity contribution in [3.05, 3.63) is 35.9 Å². The van der Waals surface area contributed by atoms with Gasteiger partial charge in [-0.1, -0.05) is 44.2 Å². The molecule has 6 heteroatoms. The van der Waals surface area contributed by atoms with E-state index >= 15 is 0 Å². The van der Waals surface area contributed by atoms with Crippen LogP contribution in [0.5, 0.6) is 0 Å². The molecule has 3 heterocycles. The summed E-state index contributed by atoms with van der Waals surface area (Å²) in [6.07, 6.45) is 4.38. The van der Waals surface area contributed by atoms with Crippen LogP contribution in [0.1, 0.15) is 38.7 Å². The number of aryl methyl sites for hydroxylation is 1. The van der Waals surface area contributed by atoms with Gasteiger partial charge in [-0.3, -0.25) is 0 Å². The summed E-state index contributed by atoms with van der Waals surface area (Å²) in [5.74, 6) is 0.468. The molecule has 3 saturated heterocycles. The smallest absolute Gasteiger partial charge is 0.282 e. The Bertz CT molecular complexity index is 661. The molecule has 4 rings (SSSR count). The van der Waals surface area contributed by atoms with E-state index in [9.17, 15) is 8.42 Å². The predicted molar refractivity (Wildman–Crippen MR) is 106 cm³/mol. The molecule has 1 aromatic rings. The predicted octanol–water partition coefficient (Wildman–Crippen LogP) is 2.60. The highest BCUT2D eigenvalue weighted by Gasteiger charge is 2.42. The molecule has 1 aromatic carbocycles. The van der Waals surface area contributed by atoms with Crippen LogP contribution in [0.3, 0.4) is 0 Å². The van der Waals surface area contributed by atoms with Gasteiger partial charge in [-0.2, -0.15) is 17.0 Å². The van der Waals surface area contributed by atoms with Gasteiger partial charge in [0.2, 0.25) is 0 Å². The Labute approximate surface area is 159 Å². The number of fused-ring (bicyclic) bond motifs is 4.